The zero-order valence-electron chi connectivity index (χ0n) is 13.0. The van der Waals surface area contributed by atoms with Gasteiger partial charge >= 0.3 is 0 Å². The summed E-state index contributed by atoms with van der Waals surface area (Å²) in [6.07, 6.45) is 11.7. The molecule has 0 bridgehead atoms. The molecule has 0 saturated heterocycles. The van der Waals surface area contributed by atoms with Crippen LogP contribution in [0.15, 0.2) is 0 Å². The Kier molecular flexibility index (Phi) is 6.15. The molecule has 0 aromatic carbocycles. The summed E-state index contributed by atoms with van der Waals surface area (Å²) in [6.45, 7) is 7.04. The largest absolute Gasteiger partial charge is 0.393 e. The highest BCUT2D eigenvalue weighted by atomic mass is 16.3. The van der Waals surface area contributed by atoms with Crippen molar-refractivity contribution in [3.05, 3.63) is 0 Å². The smallest absolute Gasteiger partial charge is 0.0580 e. The first kappa shape index (κ1) is 15.3. The van der Waals surface area contributed by atoms with Gasteiger partial charge in [0.25, 0.3) is 0 Å². The number of hydrogen-bond acceptors (Lipinski definition) is 2. The fourth-order valence-electron chi connectivity index (χ4n) is 3.82. The first-order valence-electron chi connectivity index (χ1n) is 8.59. The van der Waals surface area contributed by atoms with E-state index in [1.165, 1.54) is 57.9 Å². The average molecular weight is 267 g/mol. The second-order valence-electron chi connectivity index (χ2n) is 7.23. The van der Waals surface area contributed by atoms with Crippen LogP contribution >= 0.6 is 0 Å². The van der Waals surface area contributed by atoms with Crippen LogP contribution in [0.2, 0.25) is 0 Å². The molecule has 2 nitrogen and oxygen atoms in total. The predicted molar refractivity (Wildman–Crippen MR) is 81.2 cm³/mol. The van der Waals surface area contributed by atoms with Crippen LogP contribution in [0.1, 0.15) is 71.6 Å². The van der Waals surface area contributed by atoms with E-state index in [2.05, 4.69) is 18.7 Å². The zero-order valence-corrected chi connectivity index (χ0v) is 13.0. The Bertz CT molecular complexity index is 248. The van der Waals surface area contributed by atoms with Crippen LogP contribution in [0.4, 0.5) is 0 Å². The van der Waals surface area contributed by atoms with E-state index >= 15 is 0 Å². The van der Waals surface area contributed by atoms with Gasteiger partial charge in [-0.3, -0.25) is 0 Å². The summed E-state index contributed by atoms with van der Waals surface area (Å²) >= 11 is 0. The monoisotopic (exact) mass is 267 g/mol. The SMILES string of the molecule is CC(C)CCN(CC1CCCCC1O)C1CCCC1. The number of nitrogens with zero attached hydrogens (tertiary/aromatic N) is 1. The average Bonchev–Trinajstić information content (AvgIpc) is 2.90. The Morgan fingerprint density at radius 1 is 1.00 bits per heavy atom. The second-order valence-corrected chi connectivity index (χ2v) is 7.23. The molecule has 2 unspecified atom stereocenters. The van der Waals surface area contributed by atoms with E-state index in [1.807, 2.05) is 0 Å². The third-order valence-electron chi connectivity index (χ3n) is 5.17. The minimum atomic E-state index is -0.0308. The molecule has 112 valence electrons. The molecule has 2 aliphatic carbocycles. The summed E-state index contributed by atoms with van der Waals surface area (Å²) < 4.78 is 0. The third-order valence-corrected chi connectivity index (χ3v) is 5.17. The lowest BCUT2D eigenvalue weighted by molar-refractivity contribution is 0.0352. The van der Waals surface area contributed by atoms with Gasteiger partial charge in [0.2, 0.25) is 0 Å². The molecular weight excluding hydrogens is 234 g/mol. The Balaban J connectivity index is 1.87. The van der Waals surface area contributed by atoms with Crippen molar-refractivity contribution in [3.8, 4) is 0 Å². The Hall–Kier alpha value is -0.0800. The topological polar surface area (TPSA) is 23.5 Å². The van der Waals surface area contributed by atoms with Crippen LogP contribution in [0.3, 0.4) is 0 Å². The Labute approximate surface area is 119 Å². The molecule has 0 heterocycles. The highest BCUT2D eigenvalue weighted by Crippen LogP contribution is 2.29. The van der Waals surface area contributed by atoms with Crippen molar-refractivity contribution >= 4 is 0 Å². The van der Waals surface area contributed by atoms with Crippen LogP contribution in [0.25, 0.3) is 0 Å². The molecule has 2 aliphatic rings. The van der Waals surface area contributed by atoms with Crippen LogP contribution in [0.5, 0.6) is 0 Å². The molecule has 0 radical (unpaired) electrons. The number of aliphatic hydroxyl groups excluding tert-OH is 1. The molecule has 1 N–H and O–H groups in total. The van der Waals surface area contributed by atoms with Gasteiger partial charge in [0, 0.05) is 12.6 Å². The van der Waals surface area contributed by atoms with Crippen molar-refractivity contribution in [3.63, 3.8) is 0 Å². The second kappa shape index (κ2) is 7.64. The maximum Gasteiger partial charge on any atom is 0.0580 e. The first-order chi connectivity index (χ1) is 9.16. The van der Waals surface area contributed by atoms with Crippen LogP contribution in [-0.4, -0.2) is 35.2 Å². The fraction of sp³-hybridized carbons (Fsp3) is 1.00. The Morgan fingerprint density at radius 2 is 1.63 bits per heavy atom. The fourth-order valence-corrected chi connectivity index (χ4v) is 3.82. The minimum Gasteiger partial charge on any atom is -0.393 e. The van der Waals surface area contributed by atoms with Crippen LogP contribution in [-0.2, 0) is 0 Å². The van der Waals surface area contributed by atoms with Crippen LogP contribution in [0, 0.1) is 11.8 Å². The quantitative estimate of drug-likeness (QED) is 0.790. The first-order valence-corrected chi connectivity index (χ1v) is 8.59. The molecule has 0 aromatic rings. The summed E-state index contributed by atoms with van der Waals surface area (Å²) in [7, 11) is 0. The molecule has 0 amide bonds. The zero-order chi connectivity index (χ0) is 13.7. The number of hydrogen-bond donors (Lipinski definition) is 1. The lowest BCUT2D eigenvalue weighted by Crippen LogP contribution is -2.42. The molecule has 0 aromatic heterocycles. The molecule has 0 spiro atoms. The molecule has 2 saturated carbocycles. The van der Waals surface area contributed by atoms with Crippen molar-refractivity contribution in [2.24, 2.45) is 11.8 Å². The van der Waals surface area contributed by atoms with E-state index in [0.717, 1.165) is 24.9 Å². The van der Waals surface area contributed by atoms with Gasteiger partial charge < -0.3 is 10.0 Å². The summed E-state index contributed by atoms with van der Waals surface area (Å²) in [5.74, 6) is 1.33. The van der Waals surface area contributed by atoms with Crippen molar-refractivity contribution in [1.29, 1.82) is 0 Å². The van der Waals surface area contributed by atoms with E-state index < -0.39 is 0 Å². The summed E-state index contributed by atoms with van der Waals surface area (Å²) in [6, 6.07) is 0.813. The van der Waals surface area contributed by atoms with E-state index in [-0.39, 0.29) is 6.10 Å². The molecule has 2 fully saturated rings. The van der Waals surface area contributed by atoms with Gasteiger partial charge in [-0.05, 0) is 50.5 Å². The third kappa shape index (κ3) is 4.75. The Morgan fingerprint density at radius 3 is 2.26 bits per heavy atom. The van der Waals surface area contributed by atoms with Gasteiger partial charge in [-0.15, -0.1) is 0 Å². The van der Waals surface area contributed by atoms with Gasteiger partial charge in [-0.1, -0.05) is 39.5 Å². The van der Waals surface area contributed by atoms with Gasteiger partial charge in [0.05, 0.1) is 6.10 Å². The van der Waals surface area contributed by atoms with Gasteiger partial charge in [0.15, 0.2) is 0 Å². The van der Waals surface area contributed by atoms with E-state index in [1.54, 1.807) is 0 Å². The molecule has 2 heteroatoms. The summed E-state index contributed by atoms with van der Waals surface area (Å²) in [5, 5.41) is 10.2. The van der Waals surface area contributed by atoms with Crippen molar-refractivity contribution in [2.45, 2.75) is 83.8 Å². The maximum atomic E-state index is 10.2. The highest BCUT2D eigenvalue weighted by Gasteiger charge is 2.29. The molecule has 2 rings (SSSR count). The molecule has 19 heavy (non-hydrogen) atoms. The van der Waals surface area contributed by atoms with Crippen molar-refractivity contribution < 1.29 is 5.11 Å². The molecular formula is C17H33NO. The molecule has 2 atom stereocenters. The summed E-state index contributed by atoms with van der Waals surface area (Å²) in [5.41, 5.74) is 0. The van der Waals surface area contributed by atoms with Gasteiger partial charge in [-0.2, -0.15) is 0 Å². The summed E-state index contributed by atoms with van der Waals surface area (Å²) in [4.78, 5) is 2.73. The van der Waals surface area contributed by atoms with Gasteiger partial charge in [0.1, 0.15) is 0 Å². The molecule has 0 aliphatic heterocycles. The van der Waals surface area contributed by atoms with Crippen molar-refractivity contribution in [1.82, 2.24) is 4.90 Å². The highest BCUT2D eigenvalue weighted by molar-refractivity contribution is 4.83. The van der Waals surface area contributed by atoms with Crippen molar-refractivity contribution in [2.75, 3.05) is 13.1 Å². The lowest BCUT2D eigenvalue weighted by Gasteiger charge is -2.36. The number of rotatable bonds is 6. The number of aliphatic hydroxyl groups is 1. The minimum absolute atomic E-state index is 0.0308. The lowest BCUT2D eigenvalue weighted by atomic mass is 9.85. The maximum absolute atomic E-state index is 10.2. The van der Waals surface area contributed by atoms with E-state index in [0.29, 0.717) is 5.92 Å². The van der Waals surface area contributed by atoms with E-state index in [9.17, 15) is 5.11 Å². The standard InChI is InChI=1S/C17H33NO/c1-14(2)11-12-18(16-8-4-5-9-16)13-15-7-3-6-10-17(15)19/h14-17,19H,3-13H2,1-2H3. The van der Waals surface area contributed by atoms with Gasteiger partial charge in [-0.25, -0.2) is 0 Å². The van der Waals surface area contributed by atoms with Crippen LogP contribution < -0.4 is 0 Å². The normalized spacial score (nSPS) is 29.5. The van der Waals surface area contributed by atoms with E-state index in [4.69, 9.17) is 0 Å². The predicted octanol–water partition coefficient (Wildman–Crippen LogP) is 3.83.